The van der Waals surface area contributed by atoms with E-state index in [1.165, 1.54) is 0 Å². The van der Waals surface area contributed by atoms with Crippen molar-refractivity contribution in [2.75, 3.05) is 0 Å². The highest BCUT2D eigenvalue weighted by Gasteiger charge is 2.40. The summed E-state index contributed by atoms with van der Waals surface area (Å²) in [6.45, 7) is 0. The summed E-state index contributed by atoms with van der Waals surface area (Å²) in [6.07, 6.45) is -2.29. The topological polar surface area (TPSA) is 166 Å². The Bertz CT molecular complexity index is 241. The van der Waals surface area contributed by atoms with E-state index in [2.05, 4.69) is 0 Å². The molecule has 0 amide bonds. The summed E-state index contributed by atoms with van der Waals surface area (Å²) in [5, 5.41) is 33.8. The predicted molar refractivity (Wildman–Crippen MR) is 43.8 cm³/mol. The molecule has 86 valence electrons. The molecule has 0 heterocycles. The highest BCUT2D eigenvalue weighted by molar-refractivity contribution is 5.88. The summed E-state index contributed by atoms with van der Waals surface area (Å²) in [7, 11) is 0. The molecular formula is C6H8O9. The van der Waals surface area contributed by atoms with Gasteiger partial charge in [-0.1, -0.05) is 0 Å². The minimum atomic E-state index is -2.74. The van der Waals surface area contributed by atoms with Crippen molar-refractivity contribution in [2.24, 2.45) is 0 Å². The summed E-state index contributed by atoms with van der Waals surface area (Å²) < 4.78 is 0. The largest absolute Gasteiger partial charge is 0.481 e. The van der Waals surface area contributed by atoms with Crippen molar-refractivity contribution in [1.29, 1.82) is 0 Å². The molecule has 0 unspecified atom stereocenters. The molecule has 0 atom stereocenters. The third-order valence-corrected chi connectivity index (χ3v) is 1.29. The lowest BCUT2D eigenvalue weighted by atomic mass is 9.96. The lowest BCUT2D eigenvalue weighted by molar-refractivity contribution is -0.170. The fourth-order valence-electron chi connectivity index (χ4n) is 0.714. The van der Waals surface area contributed by atoms with Crippen molar-refractivity contribution in [3.63, 3.8) is 0 Å². The number of aliphatic carboxylic acids is 3. The van der Waals surface area contributed by atoms with E-state index >= 15 is 0 Å². The average Bonchev–Trinajstić information content (AvgIpc) is 2.04. The molecule has 0 radical (unpaired) electrons. The molecule has 0 rings (SSSR count). The second-order valence-electron chi connectivity index (χ2n) is 2.48. The molecule has 4 N–H and O–H groups in total. The zero-order valence-electron chi connectivity index (χ0n) is 7.24. The molecule has 0 aliphatic rings. The van der Waals surface area contributed by atoms with Crippen LogP contribution >= 0.6 is 0 Å². The standard InChI is InChI=1S/C6H8O7.O2/c7-3(8)1-6(13,5(11)12)2-4(9)10;1-2/h13H,1-2H2,(H,7,8)(H,9,10)(H,11,12);. The van der Waals surface area contributed by atoms with Crippen LogP contribution in [0.4, 0.5) is 0 Å². The summed E-state index contributed by atoms with van der Waals surface area (Å²) in [5.41, 5.74) is -2.74. The normalized spacial score (nSPS) is 9.67. The Hall–Kier alpha value is -2.03. The third-order valence-electron chi connectivity index (χ3n) is 1.29. The highest BCUT2D eigenvalue weighted by Crippen LogP contribution is 2.15. The van der Waals surface area contributed by atoms with Gasteiger partial charge in [-0.25, -0.2) is 4.79 Å². The van der Waals surface area contributed by atoms with Crippen LogP contribution in [0.2, 0.25) is 0 Å². The summed E-state index contributed by atoms with van der Waals surface area (Å²) in [6, 6.07) is 0. The first-order chi connectivity index (χ1) is 6.78. The second-order valence-corrected chi connectivity index (χ2v) is 2.48. The third kappa shape index (κ3) is 6.10. The van der Waals surface area contributed by atoms with Gasteiger partial charge >= 0.3 is 17.9 Å². The summed E-state index contributed by atoms with van der Waals surface area (Å²) >= 11 is 0. The first-order valence-corrected chi connectivity index (χ1v) is 3.34. The number of hydrogen-bond acceptors (Lipinski definition) is 6. The zero-order chi connectivity index (χ0) is 12.6. The fraction of sp³-hybridized carbons (Fsp3) is 0.500. The van der Waals surface area contributed by atoms with Gasteiger partial charge in [-0.3, -0.25) is 9.59 Å². The van der Waals surface area contributed by atoms with Gasteiger partial charge in [0, 0.05) is 9.93 Å². The van der Waals surface area contributed by atoms with Crippen molar-refractivity contribution < 1.29 is 34.8 Å². The first-order valence-electron chi connectivity index (χ1n) is 3.34. The van der Waals surface area contributed by atoms with Gasteiger partial charge in [-0.05, 0) is 0 Å². The van der Waals surface area contributed by atoms with Crippen LogP contribution in [-0.4, -0.2) is 43.9 Å². The van der Waals surface area contributed by atoms with Crippen molar-refractivity contribution in [3.05, 3.63) is 9.93 Å². The van der Waals surface area contributed by atoms with Gasteiger partial charge in [0.15, 0.2) is 5.60 Å². The lowest BCUT2D eigenvalue weighted by Gasteiger charge is -2.18. The maximum Gasteiger partial charge on any atom is 0.336 e. The van der Waals surface area contributed by atoms with Crippen LogP contribution in [0.1, 0.15) is 12.8 Å². The SMILES string of the molecule is O=C(O)CC(O)(CC(=O)O)C(=O)O.O=O. The zero-order valence-corrected chi connectivity index (χ0v) is 7.24. The van der Waals surface area contributed by atoms with Crippen LogP contribution in [0.25, 0.3) is 0 Å². The number of rotatable bonds is 5. The molecule has 0 saturated carbocycles. The molecular weight excluding hydrogens is 216 g/mol. The number of hydrogen-bond donors (Lipinski definition) is 4. The van der Waals surface area contributed by atoms with Gasteiger partial charge in [-0.2, -0.15) is 0 Å². The van der Waals surface area contributed by atoms with E-state index < -0.39 is 36.4 Å². The Morgan fingerprint density at radius 1 is 0.867 bits per heavy atom. The second kappa shape index (κ2) is 6.43. The Balaban J connectivity index is 0. The van der Waals surface area contributed by atoms with Crippen LogP contribution in [0.15, 0.2) is 0 Å². The van der Waals surface area contributed by atoms with E-state index in [-0.39, 0.29) is 0 Å². The van der Waals surface area contributed by atoms with Gasteiger partial charge in [0.2, 0.25) is 0 Å². The summed E-state index contributed by atoms with van der Waals surface area (Å²) in [4.78, 5) is 44.5. The predicted octanol–water partition coefficient (Wildman–Crippen LogP) is -1.18. The van der Waals surface area contributed by atoms with Gasteiger partial charge in [-0.15, -0.1) is 0 Å². The van der Waals surface area contributed by atoms with Crippen molar-refractivity contribution in [2.45, 2.75) is 18.4 Å². The average molecular weight is 224 g/mol. The number of aliphatic hydroxyl groups is 1. The number of carbonyl (C=O) groups is 3. The number of carboxylic acids is 3. The van der Waals surface area contributed by atoms with Crippen LogP contribution in [-0.2, 0) is 14.4 Å². The van der Waals surface area contributed by atoms with Crippen molar-refractivity contribution in [3.8, 4) is 0 Å². The smallest absolute Gasteiger partial charge is 0.336 e. The molecule has 9 heteroatoms. The van der Waals surface area contributed by atoms with E-state index in [1.54, 1.807) is 0 Å². The molecule has 0 fully saturated rings. The Morgan fingerprint density at radius 3 is 1.27 bits per heavy atom. The number of carboxylic acid groups (broad SMARTS) is 3. The quantitative estimate of drug-likeness (QED) is 0.449. The van der Waals surface area contributed by atoms with Crippen molar-refractivity contribution in [1.82, 2.24) is 0 Å². The molecule has 0 aliphatic heterocycles. The van der Waals surface area contributed by atoms with Crippen LogP contribution in [0, 0.1) is 9.93 Å². The van der Waals surface area contributed by atoms with E-state index in [0.29, 0.717) is 0 Å². The molecule has 0 spiro atoms. The minimum Gasteiger partial charge on any atom is -0.481 e. The summed E-state index contributed by atoms with van der Waals surface area (Å²) in [5.74, 6) is -5.02. The molecule has 9 nitrogen and oxygen atoms in total. The Labute approximate surface area is 82.2 Å². The van der Waals surface area contributed by atoms with Crippen molar-refractivity contribution >= 4 is 17.9 Å². The van der Waals surface area contributed by atoms with Crippen LogP contribution in [0.3, 0.4) is 0 Å². The molecule has 0 aromatic rings. The molecule has 15 heavy (non-hydrogen) atoms. The lowest BCUT2D eigenvalue weighted by Crippen LogP contribution is -2.42. The maximum atomic E-state index is 10.3. The molecule has 0 saturated heterocycles. The molecule has 0 aromatic heterocycles. The van der Waals surface area contributed by atoms with Gasteiger partial charge in [0.1, 0.15) is 0 Å². The molecule has 0 aromatic carbocycles. The van der Waals surface area contributed by atoms with E-state index in [1.807, 2.05) is 0 Å². The van der Waals surface area contributed by atoms with Crippen LogP contribution < -0.4 is 0 Å². The highest BCUT2D eigenvalue weighted by atomic mass is 16.7. The van der Waals surface area contributed by atoms with Gasteiger partial charge < -0.3 is 20.4 Å². The minimum absolute atomic E-state index is 1.14. The fourth-order valence-corrected chi connectivity index (χ4v) is 0.714. The van der Waals surface area contributed by atoms with E-state index in [9.17, 15) is 14.4 Å². The Kier molecular flexibility index (Phi) is 6.62. The Morgan fingerprint density at radius 2 is 1.13 bits per heavy atom. The van der Waals surface area contributed by atoms with Crippen LogP contribution in [0.5, 0.6) is 0 Å². The van der Waals surface area contributed by atoms with Gasteiger partial charge in [0.25, 0.3) is 0 Å². The first kappa shape index (κ1) is 15.4. The monoisotopic (exact) mass is 224 g/mol. The van der Waals surface area contributed by atoms with E-state index in [0.717, 1.165) is 0 Å². The van der Waals surface area contributed by atoms with E-state index in [4.69, 9.17) is 30.4 Å². The van der Waals surface area contributed by atoms with Gasteiger partial charge in [0.05, 0.1) is 12.8 Å². The molecule has 0 bridgehead atoms. The maximum absolute atomic E-state index is 10.3. The molecule has 0 aliphatic carbocycles.